The Morgan fingerprint density at radius 3 is 1.67 bits per heavy atom. The van der Waals surface area contributed by atoms with Gasteiger partial charge in [-0.15, -0.1) is 6.58 Å². The Kier molecular flexibility index (Phi) is 8.20. The lowest BCUT2D eigenvalue weighted by atomic mass is 10.4. The number of nitrogens with one attached hydrogen (secondary N) is 1. The summed E-state index contributed by atoms with van der Waals surface area (Å²) in [4.78, 5) is 9.40. The Labute approximate surface area is 72.9 Å². The first-order valence-electron chi connectivity index (χ1n) is 3.69. The molecule has 0 saturated carbocycles. The molecule has 2 nitrogen and oxygen atoms in total. The van der Waals surface area contributed by atoms with E-state index in [1.54, 1.807) is 6.08 Å². The fourth-order valence-corrected chi connectivity index (χ4v) is 0.516. The second-order valence-corrected chi connectivity index (χ2v) is 1.97. The zero-order valence-electron chi connectivity index (χ0n) is 6.94. The monoisotopic (exact) mass is 163 g/mol. The molecule has 0 aliphatic heterocycles. The first kappa shape index (κ1) is 10.4. The highest BCUT2D eigenvalue weighted by molar-refractivity contribution is 5.46. The van der Waals surface area contributed by atoms with E-state index in [-0.39, 0.29) is 0 Å². The van der Waals surface area contributed by atoms with Crippen LogP contribution in [0.15, 0.2) is 49.1 Å². The lowest BCUT2D eigenvalue weighted by molar-refractivity contribution is -0.109. The summed E-state index contributed by atoms with van der Waals surface area (Å²) < 4.78 is 0. The maximum Gasteiger partial charge on any atom is 0.207 e. The van der Waals surface area contributed by atoms with E-state index in [9.17, 15) is 4.79 Å². The predicted octanol–water partition coefficient (Wildman–Crippen LogP) is 1.60. The van der Waals surface area contributed by atoms with Crippen LogP contribution in [0, 0.1) is 0 Å². The molecule has 0 spiro atoms. The fraction of sp³-hybridized carbons (Fsp3) is 0.100. The molecule has 1 rings (SSSR count). The molecule has 0 aromatic heterocycles. The molecule has 0 heterocycles. The van der Waals surface area contributed by atoms with Crippen molar-refractivity contribution in [1.82, 2.24) is 5.32 Å². The Morgan fingerprint density at radius 1 is 1.08 bits per heavy atom. The molecule has 1 N–H and O–H groups in total. The molecule has 0 bridgehead atoms. The molecule has 0 radical (unpaired) electrons. The van der Waals surface area contributed by atoms with Gasteiger partial charge >= 0.3 is 0 Å². The normalized spacial score (nSPS) is 7.33. The fourth-order valence-electron chi connectivity index (χ4n) is 0.516. The van der Waals surface area contributed by atoms with Crippen LogP contribution < -0.4 is 5.32 Å². The molecular formula is C10H13NO. The van der Waals surface area contributed by atoms with Crippen molar-refractivity contribution < 1.29 is 4.79 Å². The molecule has 12 heavy (non-hydrogen) atoms. The maximum absolute atomic E-state index is 9.40. The van der Waals surface area contributed by atoms with Crippen LogP contribution in [0.1, 0.15) is 0 Å². The van der Waals surface area contributed by atoms with E-state index in [0.29, 0.717) is 13.0 Å². The summed E-state index contributed by atoms with van der Waals surface area (Å²) >= 11 is 0. The van der Waals surface area contributed by atoms with Crippen molar-refractivity contribution >= 4 is 6.41 Å². The van der Waals surface area contributed by atoms with Gasteiger partial charge in [0.15, 0.2) is 0 Å². The lowest BCUT2D eigenvalue weighted by Crippen LogP contribution is -2.08. The van der Waals surface area contributed by atoms with Gasteiger partial charge in [-0.3, -0.25) is 4.79 Å². The van der Waals surface area contributed by atoms with Gasteiger partial charge < -0.3 is 5.32 Å². The van der Waals surface area contributed by atoms with Gasteiger partial charge in [-0.05, 0) is 0 Å². The molecule has 0 aliphatic carbocycles. The molecule has 0 saturated heterocycles. The molecule has 2 heteroatoms. The SMILES string of the molecule is C=CCNC=O.c1ccccc1. The summed E-state index contributed by atoms with van der Waals surface area (Å²) in [5, 5.41) is 2.40. The Hall–Kier alpha value is -1.57. The summed E-state index contributed by atoms with van der Waals surface area (Å²) in [6.07, 6.45) is 2.26. The van der Waals surface area contributed by atoms with Crippen LogP contribution in [-0.2, 0) is 4.79 Å². The van der Waals surface area contributed by atoms with Gasteiger partial charge in [0, 0.05) is 6.54 Å². The molecule has 0 fully saturated rings. The van der Waals surface area contributed by atoms with E-state index in [0.717, 1.165) is 0 Å². The van der Waals surface area contributed by atoms with Crippen molar-refractivity contribution in [1.29, 1.82) is 0 Å². The van der Waals surface area contributed by atoms with Gasteiger partial charge in [0.2, 0.25) is 6.41 Å². The highest BCUT2D eigenvalue weighted by Crippen LogP contribution is 1.79. The zero-order valence-corrected chi connectivity index (χ0v) is 6.94. The second-order valence-electron chi connectivity index (χ2n) is 1.97. The van der Waals surface area contributed by atoms with Crippen molar-refractivity contribution in [2.75, 3.05) is 6.54 Å². The van der Waals surface area contributed by atoms with E-state index >= 15 is 0 Å². The minimum absolute atomic E-state index is 0.559. The number of carbonyl (C=O) groups is 1. The quantitative estimate of drug-likeness (QED) is 0.409. The number of rotatable bonds is 3. The molecule has 0 atom stereocenters. The van der Waals surface area contributed by atoms with Crippen molar-refractivity contribution in [2.45, 2.75) is 0 Å². The predicted molar refractivity (Wildman–Crippen MR) is 50.7 cm³/mol. The van der Waals surface area contributed by atoms with Crippen molar-refractivity contribution in [3.05, 3.63) is 49.1 Å². The minimum Gasteiger partial charge on any atom is -0.355 e. The second kappa shape index (κ2) is 9.43. The summed E-state index contributed by atoms with van der Waals surface area (Å²) in [6, 6.07) is 12.0. The van der Waals surface area contributed by atoms with Gasteiger partial charge in [-0.1, -0.05) is 42.5 Å². The van der Waals surface area contributed by atoms with Gasteiger partial charge in [-0.25, -0.2) is 0 Å². The largest absolute Gasteiger partial charge is 0.355 e. The summed E-state index contributed by atoms with van der Waals surface area (Å²) in [7, 11) is 0. The number of benzene rings is 1. The number of hydrogen-bond donors (Lipinski definition) is 1. The van der Waals surface area contributed by atoms with Crippen LogP contribution in [0.4, 0.5) is 0 Å². The van der Waals surface area contributed by atoms with Crippen LogP contribution in [0.5, 0.6) is 0 Å². The van der Waals surface area contributed by atoms with Crippen LogP contribution in [0.2, 0.25) is 0 Å². The van der Waals surface area contributed by atoms with Crippen molar-refractivity contribution in [3.8, 4) is 0 Å². The zero-order chi connectivity index (χ0) is 9.07. The average molecular weight is 163 g/mol. The summed E-state index contributed by atoms with van der Waals surface area (Å²) in [5.74, 6) is 0. The van der Waals surface area contributed by atoms with Crippen LogP contribution >= 0.6 is 0 Å². The third-order valence-electron chi connectivity index (χ3n) is 1.01. The number of carbonyl (C=O) groups excluding carboxylic acids is 1. The van der Waals surface area contributed by atoms with E-state index in [1.807, 2.05) is 36.4 Å². The molecule has 1 amide bonds. The number of amides is 1. The standard InChI is InChI=1S/C6H6.C4H7NO/c1-2-4-6-5-3-1;1-2-3-5-4-6/h1-6H;2,4H,1,3H2,(H,5,6). The Balaban J connectivity index is 0.000000202. The number of hydrogen-bond acceptors (Lipinski definition) is 1. The first-order valence-corrected chi connectivity index (χ1v) is 3.69. The van der Waals surface area contributed by atoms with Crippen LogP contribution in [0.25, 0.3) is 0 Å². The summed E-state index contributed by atoms with van der Waals surface area (Å²) in [5.41, 5.74) is 0. The average Bonchev–Trinajstić information content (AvgIpc) is 2.18. The smallest absolute Gasteiger partial charge is 0.207 e. The van der Waals surface area contributed by atoms with Gasteiger partial charge in [0.1, 0.15) is 0 Å². The van der Waals surface area contributed by atoms with E-state index in [4.69, 9.17) is 0 Å². The Bertz CT molecular complexity index is 162. The van der Waals surface area contributed by atoms with Crippen molar-refractivity contribution in [3.63, 3.8) is 0 Å². The molecule has 0 aliphatic rings. The first-order chi connectivity index (χ1) is 5.91. The highest BCUT2D eigenvalue weighted by Gasteiger charge is 1.63. The minimum atomic E-state index is 0.559. The summed E-state index contributed by atoms with van der Waals surface area (Å²) in [6.45, 7) is 3.94. The molecule has 1 aromatic rings. The van der Waals surface area contributed by atoms with Gasteiger partial charge in [0.25, 0.3) is 0 Å². The molecule has 0 unspecified atom stereocenters. The van der Waals surface area contributed by atoms with E-state index in [1.165, 1.54) is 0 Å². The van der Waals surface area contributed by atoms with Crippen molar-refractivity contribution in [2.24, 2.45) is 0 Å². The van der Waals surface area contributed by atoms with Gasteiger partial charge in [-0.2, -0.15) is 0 Å². The third kappa shape index (κ3) is 8.43. The Morgan fingerprint density at radius 2 is 1.50 bits per heavy atom. The topological polar surface area (TPSA) is 29.1 Å². The maximum atomic E-state index is 9.40. The highest BCUT2D eigenvalue weighted by atomic mass is 16.1. The van der Waals surface area contributed by atoms with E-state index < -0.39 is 0 Å². The molecule has 64 valence electrons. The third-order valence-corrected chi connectivity index (χ3v) is 1.01. The molecule has 1 aromatic carbocycles. The lowest BCUT2D eigenvalue weighted by Gasteiger charge is -1.81. The van der Waals surface area contributed by atoms with E-state index in [2.05, 4.69) is 11.9 Å². The van der Waals surface area contributed by atoms with Crippen LogP contribution in [0.3, 0.4) is 0 Å². The van der Waals surface area contributed by atoms with Crippen LogP contribution in [-0.4, -0.2) is 13.0 Å². The molecular weight excluding hydrogens is 150 g/mol. The van der Waals surface area contributed by atoms with Gasteiger partial charge in [0.05, 0.1) is 0 Å².